The van der Waals surface area contributed by atoms with Crippen LogP contribution in [-0.4, -0.2) is 0 Å². The summed E-state index contributed by atoms with van der Waals surface area (Å²) in [7, 11) is 0. The fraction of sp³-hybridized carbons (Fsp3) is 0.400. The van der Waals surface area contributed by atoms with Gasteiger partial charge in [-0.25, -0.2) is 0 Å². The third kappa shape index (κ3) is 1.99. The Morgan fingerprint density at radius 2 is 1.50 bits per heavy atom. The molecule has 0 saturated carbocycles. The standard InChI is InChI=1S/C10H14S2/c1-7-3-9(5-11)4-8(2)10(7)6-12/h3-4,11-12H,5-6H2,1-2H3. The van der Waals surface area contributed by atoms with Crippen molar-refractivity contribution in [2.45, 2.75) is 25.4 Å². The predicted octanol–water partition coefficient (Wildman–Crippen LogP) is 3.16. The van der Waals surface area contributed by atoms with Crippen molar-refractivity contribution in [2.24, 2.45) is 0 Å². The quantitative estimate of drug-likeness (QED) is 0.670. The van der Waals surface area contributed by atoms with Gasteiger partial charge in [-0.15, -0.1) is 0 Å². The molecule has 0 saturated heterocycles. The molecule has 0 heterocycles. The van der Waals surface area contributed by atoms with E-state index in [1.165, 1.54) is 22.3 Å². The molecule has 0 bridgehead atoms. The average Bonchev–Trinajstić information content (AvgIpc) is 2.03. The molecule has 12 heavy (non-hydrogen) atoms. The summed E-state index contributed by atoms with van der Waals surface area (Å²) in [6.45, 7) is 4.26. The van der Waals surface area contributed by atoms with Crippen LogP contribution in [0.3, 0.4) is 0 Å². The molecule has 0 unspecified atom stereocenters. The normalized spacial score (nSPS) is 10.3. The van der Waals surface area contributed by atoms with Gasteiger partial charge in [0.05, 0.1) is 0 Å². The van der Waals surface area contributed by atoms with Crippen molar-refractivity contribution in [1.82, 2.24) is 0 Å². The summed E-state index contributed by atoms with van der Waals surface area (Å²) in [4.78, 5) is 0. The number of hydrogen-bond acceptors (Lipinski definition) is 2. The van der Waals surface area contributed by atoms with Gasteiger partial charge in [0.15, 0.2) is 0 Å². The van der Waals surface area contributed by atoms with Gasteiger partial charge in [-0.3, -0.25) is 0 Å². The molecule has 0 atom stereocenters. The molecule has 0 aliphatic heterocycles. The van der Waals surface area contributed by atoms with Crippen LogP contribution in [0.2, 0.25) is 0 Å². The van der Waals surface area contributed by atoms with Crippen LogP contribution in [0.15, 0.2) is 12.1 Å². The van der Waals surface area contributed by atoms with Gasteiger partial charge in [0.2, 0.25) is 0 Å². The molecular weight excluding hydrogens is 184 g/mol. The van der Waals surface area contributed by atoms with Crippen molar-refractivity contribution < 1.29 is 0 Å². The zero-order valence-corrected chi connectivity index (χ0v) is 9.25. The monoisotopic (exact) mass is 198 g/mol. The highest BCUT2D eigenvalue weighted by Gasteiger charge is 2.01. The zero-order chi connectivity index (χ0) is 9.14. The summed E-state index contributed by atoms with van der Waals surface area (Å²) >= 11 is 8.54. The van der Waals surface area contributed by atoms with E-state index < -0.39 is 0 Å². The number of hydrogen-bond donors (Lipinski definition) is 2. The Hall–Kier alpha value is -0.0800. The lowest BCUT2D eigenvalue weighted by Crippen LogP contribution is -1.92. The number of aryl methyl sites for hydroxylation is 2. The van der Waals surface area contributed by atoms with Gasteiger partial charge in [0.1, 0.15) is 0 Å². The van der Waals surface area contributed by atoms with Crippen LogP contribution >= 0.6 is 25.3 Å². The van der Waals surface area contributed by atoms with Gasteiger partial charge in [-0.05, 0) is 36.1 Å². The Morgan fingerprint density at radius 3 is 1.83 bits per heavy atom. The lowest BCUT2D eigenvalue weighted by Gasteiger charge is -2.08. The molecule has 1 aromatic rings. The van der Waals surface area contributed by atoms with Crippen LogP contribution < -0.4 is 0 Å². The second kappa shape index (κ2) is 4.24. The third-order valence-electron chi connectivity index (χ3n) is 2.10. The minimum Gasteiger partial charge on any atom is -0.175 e. The van der Waals surface area contributed by atoms with E-state index in [9.17, 15) is 0 Å². The first-order valence-corrected chi connectivity index (χ1v) is 5.26. The van der Waals surface area contributed by atoms with E-state index in [1.54, 1.807) is 0 Å². The molecule has 0 nitrogen and oxygen atoms in total. The molecule has 0 amide bonds. The highest BCUT2D eigenvalue weighted by molar-refractivity contribution is 7.79. The molecule has 1 rings (SSSR count). The minimum absolute atomic E-state index is 0.814. The summed E-state index contributed by atoms with van der Waals surface area (Å²) in [5.41, 5.74) is 5.30. The second-order valence-corrected chi connectivity index (χ2v) is 3.66. The maximum Gasteiger partial charge on any atom is 0.0159 e. The van der Waals surface area contributed by atoms with Gasteiger partial charge >= 0.3 is 0 Å². The van der Waals surface area contributed by atoms with Crippen molar-refractivity contribution in [3.05, 3.63) is 34.4 Å². The molecule has 0 radical (unpaired) electrons. The van der Waals surface area contributed by atoms with Crippen LogP contribution in [0.1, 0.15) is 22.3 Å². The van der Waals surface area contributed by atoms with Crippen LogP contribution in [0.4, 0.5) is 0 Å². The second-order valence-electron chi connectivity index (χ2n) is 3.02. The Morgan fingerprint density at radius 1 is 1.00 bits per heavy atom. The zero-order valence-electron chi connectivity index (χ0n) is 7.46. The first-order chi connectivity index (χ1) is 5.69. The van der Waals surface area contributed by atoms with Gasteiger partial charge in [0.25, 0.3) is 0 Å². The molecule has 0 aliphatic carbocycles. The van der Waals surface area contributed by atoms with Crippen molar-refractivity contribution in [2.75, 3.05) is 0 Å². The smallest absolute Gasteiger partial charge is 0.0159 e. The maximum absolute atomic E-state index is 4.29. The largest absolute Gasteiger partial charge is 0.175 e. The predicted molar refractivity (Wildman–Crippen MR) is 61.3 cm³/mol. The molecule has 0 N–H and O–H groups in total. The Balaban J connectivity index is 3.18. The molecule has 0 fully saturated rings. The van der Waals surface area contributed by atoms with E-state index in [4.69, 9.17) is 0 Å². The third-order valence-corrected chi connectivity index (χ3v) is 2.78. The fourth-order valence-corrected chi connectivity index (χ4v) is 2.11. The van der Waals surface area contributed by atoms with E-state index in [-0.39, 0.29) is 0 Å². The highest BCUT2D eigenvalue weighted by atomic mass is 32.1. The molecular formula is C10H14S2. The lowest BCUT2D eigenvalue weighted by molar-refractivity contribution is 1.21. The van der Waals surface area contributed by atoms with Crippen LogP contribution in [0, 0.1) is 13.8 Å². The lowest BCUT2D eigenvalue weighted by atomic mass is 10.0. The van der Waals surface area contributed by atoms with Gasteiger partial charge in [-0.1, -0.05) is 12.1 Å². The van der Waals surface area contributed by atoms with Gasteiger partial charge in [-0.2, -0.15) is 25.3 Å². The molecule has 0 spiro atoms. The average molecular weight is 198 g/mol. The fourth-order valence-electron chi connectivity index (χ4n) is 1.42. The molecule has 0 aromatic heterocycles. The van der Waals surface area contributed by atoms with Crippen molar-refractivity contribution in [3.63, 3.8) is 0 Å². The maximum atomic E-state index is 4.29. The van der Waals surface area contributed by atoms with Crippen LogP contribution in [0.5, 0.6) is 0 Å². The van der Waals surface area contributed by atoms with Gasteiger partial charge < -0.3 is 0 Å². The highest BCUT2D eigenvalue weighted by Crippen LogP contribution is 2.19. The van der Waals surface area contributed by atoms with Crippen LogP contribution in [0.25, 0.3) is 0 Å². The van der Waals surface area contributed by atoms with E-state index >= 15 is 0 Å². The molecule has 1 aromatic carbocycles. The Kier molecular flexibility index (Phi) is 3.53. The minimum atomic E-state index is 0.814. The Labute approximate surface area is 85.2 Å². The topological polar surface area (TPSA) is 0 Å². The summed E-state index contributed by atoms with van der Waals surface area (Å²) in [5, 5.41) is 0. The van der Waals surface area contributed by atoms with Crippen molar-refractivity contribution in [3.8, 4) is 0 Å². The Bertz CT molecular complexity index is 256. The van der Waals surface area contributed by atoms with E-state index in [0.29, 0.717) is 0 Å². The van der Waals surface area contributed by atoms with E-state index in [2.05, 4.69) is 51.2 Å². The first kappa shape index (κ1) is 10.0. The summed E-state index contributed by atoms with van der Waals surface area (Å²) in [5.74, 6) is 1.64. The first-order valence-electron chi connectivity index (χ1n) is 3.99. The number of benzene rings is 1. The summed E-state index contributed by atoms with van der Waals surface area (Å²) in [6, 6.07) is 4.37. The molecule has 66 valence electrons. The van der Waals surface area contributed by atoms with Crippen molar-refractivity contribution in [1.29, 1.82) is 0 Å². The summed E-state index contributed by atoms with van der Waals surface area (Å²) in [6.07, 6.45) is 0. The molecule has 2 heteroatoms. The SMILES string of the molecule is Cc1cc(CS)cc(C)c1CS. The summed E-state index contributed by atoms with van der Waals surface area (Å²) < 4.78 is 0. The van der Waals surface area contributed by atoms with Crippen molar-refractivity contribution >= 4 is 25.3 Å². The van der Waals surface area contributed by atoms with Crippen LogP contribution in [-0.2, 0) is 11.5 Å². The van der Waals surface area contributed by atoms with E-state index in [1.807, 2.05) is 0 Å². The van der Waals surface area contributed by atoms with E-state index in [0.717, 1.165) is 11.5 Å². The molecule has 0 aliphatic rings. The van der Waals surface area contributed by atoms with Gasteiger partial charge in [0, 0.05) is 11.5 Å². The number of thiol groups is 2. The number of rotatable bonds is 2.